The number of carbonyl (C=O) groups is 2. The quantitative estimate of drug-likeness (QED) is 0.738. The second-order valence-electron chi connectivity index (χ2n) is 4.41. The maximum atomic E-state index is 11.7. The molecule has 2 N–H and O–H groups in total. The number of amides is 1. The van der Waals surface area contributed by atoms with Crippen LogP contribution in [0.5, 0.6) is 0 Å². The molecule has 0 aromatic heterocycles. The van der Waals surface area contributed by atoms with Crippen molar-refractivity contribution < 1.29 is 14.7 Å². The van der Waals surface area contributed by atoms with E-state index < -0.39 is 12.0 Å². The highest BCUT2D eigenvalue weighted by Gasteiger charge is 2.17. The molecule has 1 aromatic carbocycles. The summed E-state index contributed by atoms with van der Waals surface area (Å²) in [5, 5.41) is 11.4. The Hall–Kier alpha value is -2.10. The van der Waals surface area contributed by atoms with Crippen LogP contribution in [0.15, 0.2) is 36.9 Å². The van der Waals surface area contributed by atoms with E-state index in [0.717, 1.165) is 11.1 Å². The van der Waals surface area contributed by atoms with Gasteiger partial charge in [0.2, 0.25) is 5.91 Å². The summed E-state index contributed by atoms with van der Waals surface area (Å²) in [4.78, 5) is 22.6. The monoisotopic (exact) mass is 261 g/mol. The van der Waals surface area contributed by atoms with Crippen molar-refractivity contribution in [3.05, 3.63) is 48.0 Å². The average molecular weight is 261 g/mol. The fourth-order valence-electron chi connectivity index (χ4n) is 1.79. The predicted octanol–water partition coefficient (Wildman–Crippen LogP) is 2.07. The van der Waals surface area contributed by atoms with Gasteiger partial charge in [-0.25, -0.2) is 4.79 Å². The highest BCUT2D eigenvalue weighted by atomic mass is 16.4. The lowest BCUT2D eigenvalue weighted by Gasteiger charge is -2.12. The van der Waals surface area contributed by atoms with Crippen LogP contribution in [0, 0.1) is 6.92 Å². The Morgan fingerprint density at radius 2 is 2.11 bits per heavy atom. The van der Waals surface area contributed by atoms with Gasteiger partial charge in [0.25, 0.3) is 0 Å². The van der Waals surface area contributed by atoms with Gasteiger partial charge in [0, 0.05) is 6.42 Å². The first-order chi connectivity index (χ1) is 9.04. The van der Waals surface area contributed by atoms with E-state index in [2.05, 4.69) is 11.9 Å². The van der Waals surface area contributed by atoms with Gasteiger partial charge in [-0.3, -0.25) is 4.79 Å². The number of aryl methyl sites for hydroxylation is 2. The van der Waals surface area contributed by atoms with E-state index in [1.54, 1.807) is 0 Å². The molecule has 0 saturated carbocycles. The Balaban J connectivity index is 2.49. The van der Waals surface area contributed by atoms with Gasteiger partial charge in [-0.15, -0.1) is 6.58 Å². The van der Waals surface area contributed by atoms with Crippen molar-refractivity contribution in [3.63, 3.8) is 0 Å². The second-order valence-corrected chi connectivity index (χ2v) is 4.41. The molecular formula is C15H19NO3. The molecule has 0 radical (unpaired) electrons. The van der Waals surface area contributed by atoms with Gasteiger partial charge in [0.05, 0.1) is 0 Å². The molecule has 1 rings (SSSR count). The van der Waals surface area contributed by atoms with Crippen LogP contribution in [0.2, 0.25) is 0 Å². The summed E-state index contributed by atoms with van der Waals surface area (Å²) < 4.78 is 0. The first kappa shape index (κ1) is 15.0. The average Bonchev–Trinajstić information content (AvgIpc) is 2.37. The predicted molar refractivity (Wildman–Crippen MR) is 73.9 cm³/mol. The molecule has 0 aliphatic heterocycles. The summed E-state index contributed by atoms with van der Waals surface area (Å²) in [6.07, 6.45) is 2.61. The fraction of sp³-hybridized carbons (Fsp3) is 0.333. The third-order valence-corrected chi connectivity index (χ3v) is 2.92. The smallest absolute Gasteiger partial charge is 0.326 e. The van der Waals surface area contributed by atoms with E-state index in [1.165, 1.54) is 6.08 Å². The lowest BCUT2D eigenvalue weighted by Crippen LogP contribution is -2.40. The highest BCUT2D eigenvalue weighted by Crippen LogP contribution is 2.09. The molecule has 0 aliphatic carbocycles. The molecule has 19 heavy (non-hydrogen) atoms. The van der Waals surface area contributed by atoms with Gasteiger partial charge >= 0.3 is 5.97 Å². The third kappa shape index (κ3) is 4.95. The van der Waals surface area contributed by atoms with Crippen LogP contribution in [0.3, 0.4) is 0 Å². The van der Waals surface area contributed by atoms with Gasteiger partial charge < -0.3 is 10.4 Å². The third-order valence-electron chi connectivity index (χ3n) is 2.92. The van der Waals surface area contributed by atoms with E-state index >= 15 is 0 Å². The van der Waals surface area contributed by atoms with Crippen molar-refractivity contribution in [1.82, 2.24) is 5.32 Å². The molecule has 4 heteroatoms. The van der Waals surface area contributed by atoms with Crippen LogP contribution in [-0.2, 0) is 16.0 Å². The first-order valence-corrected chi connectivity index (χ1v) is 6.22. The number of hydrogen-bond donors (Lipinski definition) is 2. The second kappa shape index (κ2) is 7.36. The first-order valence-electron chi connectivity index (χ1n) is 6.22. The molecule has 0 spiro atoms. The number of hydrogen-bond acceptors (Lipinski definition) is 2. The number of carboxylic acids is 1. The molecule has 0 saturated heterocycles. The van der Waals surface area contributed by atoms with Gasteiger partial charge in [-0.2, -0.15) is 0 Å². The van der Waals surface area contributed by atoms with Crippen molar-refractivity contribution in [2.45, 2.75) is 32.2 Å². The van der Waals surface area contributed by atoms with Gasteiger partial charge in [0.1, 0.15) is 6.04 Å². The minimum absolute atomic E-state index is 0.228. The lowest BCUT2D eigenvalue weighted by atomic mass is 10.0. The van der Waals surface area contributed by atoms with Crippen LogP contribution in [0.25, 0.3) is 0 Å². The summed E-state index contributed by atoms with van der Waals surface area (Å²) in [7, 11) is 0. The molecule has 1 aromatic rings. The van der Waals surface area contributed by atoms with Crippen LogP contribution >= 0.6 is 0 Å². The van der Waals surface area contributed by atoms with Crippen LogP contribution < -0.4 is 5.32 Å². The van der Waals surface area contributed by atoms with Crippen molar-refractivity contribution in [3.8, 4) is 0 Å². The minimum atomic E-state index is -1.04. The van der Waals surface area contributed by atoms with Crippen LogP contribution in [0.1, 0.15) is 24.0 Å². The topological polar surface area (TPSA) is 66.4 Å². The Kier molecular flexibility index (Phi) is 5.79. The summed E-state index contributed by atoms with van der Waals surface area (Å²) in [6, 6.07) is 6.95. The Morgan fingerprint density at radius 3 is 2.68 bits per heavy atom. The standard InChI is InChI=1S/C15H19NO3/c1-3-6-13(15(18)19)16-14(17)10-9-12-8-5-4-7-11(12)2/h3-5,7-8,13H,1,6,9-10H2,2H3,(H,16,17)(H,18,19). The van der Waals surface area contributed by atoms with Gasteiger partial charge in [0.15, 0.2) is 0 Å². The Labute approximate surface area is 113 Å². The molecule has 0 bridgehead atoms. The summed E-state index contributed by atoms with van der Waals surface area (Å²) in [5.74, 6) is -1.29. The number of rotatable bonds is 7. The molecule has 102 valence electrons. The number of benzene rings is 1. The number of carbonyl (C=O) groups excluding carboxylic acids is 1. The van der Waals surface area contributed by atoms with E-state index in [4.69, 9.17) is 5.11 Å². The molecule has 4 nitrogen and oxygen atoms in total. The highest BCUT2D eigenvalue weighted by molar-refractivity contribution is 5.83. The van der Waals surface area contributed by atoms with E-state index in [0.29, 0.717) is 6.42 Å². The number of nitrogens with one attached hydrogen (secondary N) is 1. The zero-order valence-corrected chi connectivity index (χ0v) is 11.1. The molecule has 0 fully saturated rings. The number of carboxylic acid groups (broad SMARTS) is 1. The fourth-order valence-corrected chi connectivity index (χ4v) is 1.79. The lowest BCUT2D eigenvalue weighted by molar-refractivity contribution is -0.141. The van der Waals surface area contributed by atoms with Crippen LogP contribution in [-0.4, -0.2) is 23.0 Å². The molecule has 0 heterocycles. The minimum Gasteiger partial charge on any atom is -0.480 e. The van der Waals surface area contributed by atoms with Crippen molar-refractivity contribution in [2.75, 3.05) is 0 Å². The molecule has 1 unspecified atom stereocenters. The summed E-state index contributed by atoms with van der Waals surface area (Å²) >= 11 is 0. The Bertz CT molecular complexity index is 468. The molecule has 1 atom stereocenters. The van der Waals surface area contributed by atoms with Crippen molar-refractivity contribution in [1.29, 1.82) is 0 Å². The molecule has 1 amide bonds. The number of aliphatic carboxylic acids is 1. The maximum Gasteiger partial charge on any atom is 0.326 e. The maximum absolute atomic E-state index is 11.7. The van der Waals surface area contributed by atoms with Crippen molar-refractivity contribution in [2.24, 2.45) is 0 Å². The van der Waals surface area contributed by atoms with Crippen molar-refractivity contribution >= 4 is 11.9 Å². The zero-order valence-electron chi connectivity index (χ0n) is 11.1. The van der Waals surface area contributed by atoms with E-state index in [-0.39, 0.29) is 18.7 Å². The van der Waals surface area contributed by atoms with Gasteiger partial charge in [-0.05, 0) is 30.9 Å². The summed E-state index contributed by atoms with van der Waals surface area (Å²) in [5.41, 5.74) is 2.24. The van der Waals surface area contributed by atoms with Crippen LogP contribution in [0.4, 0.5) is 0 Å². The Morgan fingerprint density at radius 1 is 1.42 bits per heavy atom. The normalized spacial score (nSPS) is 11.6. The van der Waals surface area contributed by atoms with E-state index in [9.17, 15) is 9.59 Å². The molecular weight excluding hydrogens is 242 g/mol. The van der Waals surface area contributed by atoms with Gasteiger partial charge in [-0.1, -0.05) is 30.3 Å². The summed E-state index contributed by atoms with van der Waals surface area (Å²) in [6.45, 7) is 5.47. The van der Waals surface area contributed by atoms with E-state index in [1.807, 2.05) is 31.2 Å². The largest absolute Gasteiger partial charge is 0.480 e. The molecule has 0 aliphatic rings. The SMILES string of the molecule is C=CCC(NC(=O)CCc1ccccc1C)C(=O)O. The zero-order chi connectivity index (χ0) is 14.3.